The number of rotatable bonds is 8. The van der Waals surface area contributed by atoms with Crippen LogP contribution in [-0.2, 0) is 13.6 Å². The lowest BCUT2D eigenvalue weighted by Gasteiger charge is -2.23. The van der Waals surface area contributed by atoms with Crippen LogP contribution in [0.15, 0.2) is 30.9 Å². The number of aromatic nitrogens is 4. The Morgan fingerprint density at radius 2 is 2.17 bits per heavy atom. The minimum atomic E-state index is -0.152. The highest BCUT2D eigenvalue weighted by Crippen LogP contribution is 2.15. The van der Waals surface area contributed by atoms with Gasteiger partial charge in [-0.25, -0.2) is 4.79 Å². The van der Waals surface area contributed by atoms with Crippen molar-refractivity contribution < 1.29 is 4.79 Å². The summed E-state index contributed by atoms with van der Waals surface area (Å²) in [5.41, 5.74) is 1.08. The topological polar surface area (TPSA) is 80.0 Å². The number of likely N-dealkylation sites (N-methyl/N-ethyl adjacent to an activating group) is 1. The van der Waals surface area contributed by atoms with Crippen molar-refractivity contribution >= 4 is 6.03 Å². The van der Waals surface area contributed by atoms with Crippen LogP contribution >= 0.6 is 0 Å². The zero-order chi connectivity index (χ0) is 16.7. The first kappa shape index (κ1) is 17.0. The zero-order valence-corrected chi connectivity index (χ0v) is 13.9. The first-order valence-electron chi connectivity index (χ1n) is 7.70. The maximum atomic E-state index is 11.9. The summed E-state index contributed by atoms with van der Waals surface area (Å²) < 4.78 is 3.62. The van der Waals surface area contributed by atoms with Crippen LogP contribution in [0.4, 0.5) is 4.79 Å². The van der Waals surface area contributed by atoms with Gasteiger partial charge in [0.25, 0.3) is 0 Å². The number of carbonyl (C=O) groups is 1. The van der Waals surface area contributed by atoms with Gasteiger partial charge in [0.15, 0.2) is 0 Å². The lowest BCUT2D eigenvalue weighted by Crippen LogP contribution is -2.40. The highest BCUT2D eigenvalue weighted by atomic mass is 16.2. The van der Waals surface area contributed by atoms with Crippen LogP contribution < -0.4 is 10.6 Å². The van der Waals surface area contributed by atoms with E-state index in [2.05, 4.69) is 25.7 Å². The fourth-order valence-electron chi connectivity index (χ4n) is 2.34. The van der Waals surface area contributed by atoms with Crippen molar-refractivity contribution in [2.75, 3.05) is 27.2 Å². The predicted molar refractivity (Wildman–Crippen MR) is 87.9 cm³/mol. The van der Waals surface area contributed by atoms with E-state index in [1.807, 2.05) is 50.5 Å². The molecule has 0 bridgehead atoms. The zero-order valence-electron chi connectivity index (χ0n) is 13.9. The third-order valence-electron chi connectivity index (χ3n) is 3.60. The maximum Gasteiger partial charge on any atom is 0.314 e. The van der Waals surface area contributed by atoms with Crippen molar-refractivity contribution in [3.05, 3.63) is 36.4 Å². The van der Waals surface area contributed by atoms with E-state index in [1.54, 1.807) is 10.9 Å². The molecule has 8 nitrogen and oxygen atoms in total. The summed E-state index contributed by atoms with van der Waals surface area (Å²) in [5.74, 6) is 0. The number of nitrogens with one attached hydrogen (secondary N) is 2. The quantitative estimate of drug-likeness (QED) is 0.699. The minimum Gasteiger partial charge on any atom is -0.338 e. The Kier molecular flexibility index (Phi) is 6.16. The molecule has 2 heterocycles. The summed E-state index contributed by atoms with van der Waals surface area (Å²) in [6.45, 7) is 1.94. The van der Waals surface area contributed by atoms with Crippen LogP contribution in [0, 0.1) is 0 Å². The van der Waals surface area contributed by atoms with Gasteiger partial charge in [-0.15, -0.1) is 0 Å². The molecule has 0 spiro atoms. The number of hydrogen-bond acceptors (Lipinski definition) is 4. The molecule has 0 saturated carbocycles. The van der Waals surface area contributed by atoms with Crippen molar-refractivity contribution in [3.63, 3.8) is 0 Å². The van der Waals surface area contributed by atoms with Gasteiger partial charge in [-0.3, -0.25) is 9.36 Å². The van der Waals surface area contributed by atoms with Gasteiger partial charge in [0.1, 0.15) is 0 Å². The second-order valence-electron chi connectivity index (χ2n) is 5.69. The largest absolute Gasteiger partial charge is 0.338 e. The number of urea groups is 1. The van der Waals surface area contributed by atoms with E-state index in [1.165, 1.54) is 0 Å². The summed E-state index contributed by atoms with van der Waals surface area (Å²) in [4.78, 5) is 13.9. The predicted octanol–water partition coefficient (Wildman–Crippen LogP) is 0.609. The molecule has 8 heteroatoms. The Labute approximate surface area is 136 Å². The SMILES string of the molecule is CN(C)[C@H](CNC(=O)NCCCn1cccn1)c1cnn(C)c1. The Balaban J connectivity index is 1.69. The monoisotopic (exact) mass is 319 g/mol. The molecule has 0 aliphatic rings. The van der Waals surface area contributed by atoms with Crippen molar-refractivity contribution in [3.8, 4) is 0 Å². The first-order valence-corrected chi connectivity index (χ1v) is 7.70. The molecule has 1 atom stereocenters. The maximum absolute atomic E-state index is 11.9. The van der Waals surface area contributed by atoms with Gasteiger partial charge in [0.05, 0.1) is 12.2 Å². The molecule has 0 aliphatic heterocycles. The van der Waals surface area contributed by atoms with Gasteiger partial charge in [0, 0.05) is 50.8 Å². The molecular weight excluding hydrogens is 294 g/mol. The summed E-state index contributed by atoms with van der Waals surface area (Å²) in [6.07, 6.45) is 8.30. The van der Waals surface area contributed by atoms with E-state index in [-0.39, 0.29) is 12.1 Å². The minimum absolute atomic E-state index is 0.0959. The van der Waals surface area contributed by atoms with Gasteiger partial charge in [0.2, 0.25) is 0 Å². The lowest BCUT2D eigenvalue weighted by atomic mass is 10.1. The molecule has 2 aromatic heterocycles. The lowest BCUT2D eigenvalue weighted by molar-refractivity contribution is 0.232. The van der Waals surface area contributed by atoms with E-state index in [0.29, 0.717) is 13.1 Å². The fourth-order valence-corrected chi connectivity index (χ4v) is 2.34. The average molecular weight is 319 g/mol. The number of hydrogen-bond donors (Lipinski definition) is 2. The molecule has 0 unspecified atom stereocenters. The van der Waals surface area contributed by atoms with Crippen molar-refractivity contribution in [1.29, 1.82) is 0 Å². The number of aryl methyl sites for hydroxylation is 2. The van der Waals surface area contributed by atoms with E-state index in [9.17, 15) is 4.79 Å². The molecule has 2 N–H and O–H groups in total. The molecule has 23 heavy (non-hydrogen) atoms. The molecular formula is C15H25N7O. The Hall–Kier alpha value is -2.35. The standard InChI is InChI=1S/C15H25N7O/c1-20(2)14(13-10-19-21(3)12-13)11-17-15(23)16-6-4-8-22-9-5-7-18-22/h5,7,9-10,12,14H,4,6,8,11H2,1-3H3,(H2,16,17,23)/t14-/m1/s1. The smallest absolute Gasteiger partial charge is 0.314 e. The van der Waals surface area contributed by atoms with Crippen molar-refractivity contribution in [2.45, 2.75) is 19.0 Å². The molecule has 2 rings (SSSR count). The fraction of sp³-hybridized carbons (Fsp3) is 0.533. The third kappa shape index (κ3) is 5.41. The Morgan fingerprint density at radius 1 is 1.35 bits per heavy atom. The molecule has 0 fully saturated rings. The summed E-state index contributed by atoms with van der Waals surface area (Å²) in [5, 5.41) is 14.1. The van der Waals surface area contributed by atoms with Gasteiger partial charge in [-0.05, 0) is 26.6 Å². The van der Waals surface area contributed by atoms with Gasteiger partial charge in [-0.1, -0.05) is 0 Å². The number of nitrogens with zero attached hydrogens (tertiary/aromatic N) is 5. The van der Waals surface area contributed by atoms with Crippen LogP contribution in [0.2, 0.25) is 0 Å². The molecule has 0 saturated heterocycles. The van der Waals surface area contributed by atoms with Crippen LogP contribution in [0.1, 0.15) is 18.0 Å². The Bertz CT molecular complexity index is 591. The molecule has 0 radical (unpaired) electrons. The van der Waals surface area contributed by atoms with Crippen molar-refractivity contribution in [1.82, 2.24) is 35.1 Å². The van der Waals surface area contributed by atoms with Crippen LogP contribution in [0.5, 0.6) is 0 Å². The normalized spacial score (nSPS) is 12.3. The Morgan fingerprint density at radius 3 is 2.78 bits per heavy atom. The van der Waals surface area contributed by atoms with Gasteiger partial charge < -0.3 is 15.5 Å². The number of amides is 2. The highest BCUT2D eigenvalue weighted by molar-refractivity contribution is 5.73. The molecule has 126 valence electrons. The van der Waals surface area contributed by atoms with Gasteiger partial charge >= 0.3 is 6.03 Å². The van der Waals surface area contributed by atoms with E-state index in [4.69, 9.17) is 0 Å². The van der Waals surface area contributed by atoms with Crippen LogP contribution in [0.25, 0.3) is 0 Å². The summed E-state index contributed by atoms with van der Waals surface area (Å²) in [6, 6.07) is 1.83. The average Bonchev–Trinajstić information content (AvgIpc) is 3.15. The van der Waals surface area contributed by atoms with E-state index >= 15 is 0 Å². The first-order chi connectivity index (χ1) is 11.1. The van der Waals surface area contributed by atoms with Crippen LogP contribution in [0.3, 0.4) is 0 Å². The molecule has 2 amide bonds. The van der Waals surface area contributed by atoms with Gasteiger partial charge in [-0.2, -0.15) is 10.2 Å². The third-order valence-corrected chi connectivity index (χ3v) is 3.60. The molecule has 2 aromatic rings. The summed E-state index contributed by atoms with van der Waals surface area (Å²) in [7, 11) is 5.86. The second kappa shape index (κ2) is 8.33. The van der Waals surface area contributed by atoms with Crippen LogP contribution in [-0.4, -0.2) is 57.7 Å². The molecule has 0 aliphatic carbocycles. The van der Waals surface area contributed by atoms with E-state index in [0.717, 1.165) is 18.5 Å². The van der Waals surface area contributed by atoms with Crippen molar-refractivity contribution in [2.24, 2.45) is 7.05 Å². The summed E-state index contributed by atoms with van der Waals surface area (Å²) >= 11 is 0. The molecule has 0 aromatic carbocycles. The second-order valence-corrected chi connectivity index (χ2v) is 5.69. The highest BCUT2D eigenvalue weighted by Gasteiger charge is 2.16. The number of carbonyl (C=O) groups excluding carboxylic acids is 1. The van der Waals surface area contributed by atoms with E-state index < -0.39 is 0 Å².